The minimum absolute atomic E-state index is 0.469. The fraction of sp³-hybridized carbons (Fsp3) is 1.00. The molecule has 1 heterocycles. The molecule has 0 aromatic heterocycles. The normalized spacial score (nSPS) is 35.4. The van der Waals surface area contributed by atoms with Gasteiger partial charge in [-0.25, -0.2) is 0 Å². The first-order valence-corrected chi connectivity index (χ1v) is 7.06. The third-order valence-electron chi connectivity index (χ3n) is 4.60. The highest BCUT2D eigenvalue weighted by Crippen LogP contribution is 2.38. The van der Waals surface area contributed by atoms with Crippen LogP contribution in [0.15, 0.2) is 0 Å². The fourth-order valence-electron chi connectivity index (χ4n) is 3.95. The van der Waals surface area contributed by atoms with Gasteiger partial charge in [-0.05, 0) is 43.1 Å². The Bertz CT molecular complexity index is 211. The minimum Gasteiger partial charge on any atom is -0.330 e. The van der Waals surface area contributed by atoms with E-state index in [4.69, 9.17) is 5.73 Å². The van der Waals surface area contributed by atoms with Gasteiger partial charge in [0, 0.05) is 19.6 Å². The lowest BCUT2D eigenvalue weighted by atomic mass is 9.83. The summed E-state index contributed by atoms with van der Waals surface area (Å²) in [5, 5.41) is 0. The molecule has 0 amide bonds. The van der Waals surface area contributed by atoms with E-state index in [0.717, 1.165) is 18.4 Å². The second kappa shape index (κ2) is 5.05. The van der Waals surface area contributed by atoms with Gasteiger partial charge in [-0.2, -0.15) is 0 Å². The lowest BCUT2D eigenvalue weighted by molar-refractivity contribution is 0.0874. The number of nitrogens with two attached hydrogens (primary N) is 1. The smallest absolute Gasteiger partial charge is 0.00503 e. The summed E-state index contributed by atoms with van der Waals surface area (Å²) < 4.78 is 0. The molecule has 94 valence electrons. The van der Waals surface area contributed by atoms with Gasteiger partial charge >= 0.3 is 0 Å². The van der Waals surface area contributed by atoms with Crippen LogP contribution in [-0.2, 0) is 0 Å². The lowest BCUT2D eigenvalue weighted by Crippen LogP contribution is -2.46. The second-order valence-corrected chi connectivity index (χ2v) is 6.55. The van der Waals surface area contributed by atoms with Crippen molar-refractivity contribution in [2.45, 2.75) is 46.0 Å². The van der Waals surface area contributed by atoms with E-state index in [-0.39, 0.29) is 0 Å². The van der Waals surface area contributed by atoms with Crippen LogP contribution in [0.4, 0.5) is 0 Å². The molecule has 0 bridgehead atoms. The Labute approximate surface area is 101 Å². The topological polar surface area (TPSA) is 29.3 Å². The van der Waals surface area contributed by atoms with E-state index in [9.17, 15) is 0 Å². The summed E-state index contributed by atoms with van der Waals surface area (Å²) in [7, 11) is 0. The van der Waals surface area contributed by atoms with Crippen molar-refractivity contribution in [3.05, 3.63) is 0 Å². The molecule has 1 aliphatic carbocycles. The fourth-order valence-corrected chi connectivity index (χ4v) is 3.95. The van der Waals surface area contributed by atoms with E-state index in [1.807, 2.05) is 0 Å². The Morgan fingerprint density at radius 1 is 1.12 bits per heavy atom. The van der Waals surface area contributed by atoms with Crippen molar-refractivity contribution in [1.82, 2.24) is 4.90 Å². The molecule has 2 nitrogen and oxygen atoms in total. The first kappa shape index (κ1) is 12.4. The van der Waals surface area contributed by atoms with Crippen LogP contribution in [0.25, 0.3) is 0 Å². The first-order valence-electron chi connectivity index (χ1n) is 7.06. The molecule has 2 aliphatic rings. The molecule has 1 saturated carbocycles. The summed E-state index contributed by atoms with van der Waals surface area (Å²) >= 11 is 0. The monoisotopic (exact) mass is 224 g/mol. The predicted molar refractivity (Wildman–Crippen MR) is 69.3 cm³/mol. The molecule has 2 atom stereocenters. The van der Waals surface area contributed by atoms with E-state index in [2.05, 4.69) is 18.7 Å². The van der Waals surface area contributed by atoms with Crippen LogP contribution in [0, 0.1) is 17.3 Å². The highest BCUT2D eigenvalue weighted by Gasteiger charge is 2.35. The third kappa shape index (κ3) is 2.78. The number of likely N-dealkylation sites (tertiary alicyclic amines) is 1. The van der Waals surface area contributed by atoms with Crippen molar-refractivity contribution in [3.63, 3.8) is 0 Å². The zero-order chi connectivity index (χ0) is 11.6. The van der Waals surface area contributed by atoms with Gasteiger partial charge in [0.15, 0.2) is 0 Å². The van der Waals surface area contributed by atoms with Crippen LogP contribution in [0.2, 0.25) is 0 Å². The van der Waals surface area contributed by atoms with Crippen LogP contribution in [0.1, 0.15) is 46.0 Å². The maximum atomic E-state index is 6.03. The highest BCUT2D eigenvalue weighted by molar-refractivity contribution is 4.90. The molecule has 2 unspecified atom stereocenters. The van der Waals surface area contributed by atoms with Crippen molar-refractivity contribution in [3.8, 4) is 0 Å². The van der Waals surface area contributed by atoms with Crippen molar-refractivity contribution >= 4 is 0 Å². The number of hydrogen-bond acceptors (Lipinski definition) is 2. The van der Waals surface area contributed by atoms with Crippen LogP contribution in [0.3, 0.4) is 0 Å². The molecule has 2 N–H and O–H groups in total. The minimum atomic E-state index is 0.469. The van der Waals surface area contributed by atoms with E-state index in [1.54, 1.807) is 0 Å². The van der Waals surface area contributed by atoms with Gasteiger partial charge in [-0.1, -0.05) is 26.7 Å². The molecule has 2 rings (SSSR count). The molecule has 2 heteroatoms. The van der Waals surface area contributed by atoms with Gasteiger partial charge in [0.2, 0.25) is 0 Å². The summed E-state index contributed by atoms with van der Waals surface area (Å²) in [4.78, 5) is 2.69. The number of nitrogens with zero attached hydrogens (tertiary/aromatic N) is 1. The van der Waals surface area contributed by atoms with Gasteiger partial charge in [0.25, 0.3) is 0 Å². The summed E-state index contributed by atoms with van der Waals surface area (Å²) in [5.41, 5.74) is 6.50. The van der Waals surface area contributed by atoms with Crippen LogP contribution < -0.4 is 5.73 Å². The average molecular weight is 224 g/mol. The molecule has 0 spiro atoms. The van der Waals surface area contributed by atoms with E-state index in [1.165, 1.54) is 51.7 Å². The molecular formula is C14H28N2. The van der Waals surface area contributed by atoms with Crippen molar-refractivity contribution in [2.24, 2.45) is 23.0 Å². The van der Waals surface area contributed by atoms with Crippen molar-refractivity contribution in [2.75, 3.05) is 26.2 Å². The molecule has 1 aliphatic heterocycles. The summed E-state index contributed by atoms with van der Waals surface area (Å²) in [6, 6.07) is 0. The molecular weight excluding hydrogens is 196 g/mol. The lowest BCUT2D eigenvalue weighted by Gasteiger charge is -2.40. The van der Waals surface area contributed by atoms with Crippen LogP contribution in [-0.4, -0.2) is 31.1 Å². The first-order chi connectivity index (χ1) is 7.63. The van der Waals surface area contributed by atoms with Gasteiger partial charge in [-0.3, -0.25) is 0 Å². The quantitative estimate of drug-likeness (QED) is 0.798. The Balaban J connectivity index is 1.92. The Hall–Kier alpha value is -0.0800. The molecule has 0 aromatic rings. The third-order valence-corrected chi connectivity index (χ3v) is 4.60. The van der Waals surface area contributed by atoms with E-state index in [0.29, 0.717) is 5.41 Å². The zero-order valence-electron chi connectivity index (χ0n) is 11.0. The van der Waals surface area contributed by atoms with Gasteiger partial charge in [-0.15, -0.1) is 0 Å². The SMILES string of the molecule is CC1CC(C)CN(CC2(CN)CCCC2)C1. The number of rotatable bonds is 3. The van der Waals surface area contributed by atoms with Gasteiger partial charge < -0.3 is 10.6 Å². The van der Waals surface area contributed by atoms with Crippen LogP contribution in [0.5, 0.6) is 0 Å². The maximum absolute atomic E-state index is 6.03. The summed E-state index contributed by atoms with van der Waals surface area (Å²) in [6.07, 6.45) is 6.93. The van der Waals surface area contributed by atoms with Gasteiger partial charge in [0.1, 0.15) is 0 Å². The van der Waals surface area contributed by atoms with E-state index < -0.39 is 0 Å². The second-order valence-electron chi connectivity index (χ2n) is 6.55. The molecule has 0 aromatic carbocycles. The van der Waals surface area contributed by atoms with E-state index >= 15 is 0 Å². The summed E-state index contributed by atoms with van der Waals surface area (Å²) in [6.45, 7) is 9.54. The Morgan fingerprint density at radius 2 is 1.69 bits per heavy atom. The van der Waals surface area contributed by atoms with Gasteiger partial charge in [0.05, 0.1) is 0 Å². The zero-order valence-corrected chi connectivity index (χ0v) is 11.0. The van der Waals surface area contributed by atoms with Crippen molar-refractivity contribution < 1.29 is 0 Å². The molecule has 0 radical (unpaired) electrons. The molecule has 1 saturated heterocycles. The van der Waals surface area contributed by atoms with Crippen molar-refractivity contribution in [1.29, 1.82) is 0 Å². The van der Waals surface area contributed by atoms with Crippen LogP contribution >= 0.6 is 0 Å². The Kier molecular flexibility index (Phi) is 3.91. The summed E-state index contributed by atoms with van der Waals surface area (Å²) in [5.74, 6) is 1.75. The molecule has 16 heavy (non-hydrogen) atoms. The predicted octanol–water partition coefficient (Wildman–Crippen LogP) is 2.48. The Morgan fingerprint density at radius 3 is 2.19 bits per heavy atom. The highest BCUT2D eigenvalue weighted by atomic mass is 15.1. The maximum Gasteiger partial charge on any atom is 0.00503 e. The average Bonchev–Trinajstić information content (AvgIpc) is 2.65. The molecule has 2 fully saturated rings. The standard InChI is InChI=1S/C14H28N2/c1-12-7-13(2)9-16(8-12)11-14(10-15)5-3-4-6-14/h12-13H,3-11,15H2,1-2H3. The number of piperidine rings is 1. The largest absolute Gasteiger partial charge is 0.330 e. The number of hydrogen-bond donors (Lipinski definition) is 1.